The Morgan fingerprint density at radius 3 is 2.65 bits per heavy atom. The van der Waals surface area contributed by atoms with Crippen molar-refractivity contribution in [3.8, 4) is 0 Å². The molecular weight excluding hydrogens is 286 g/mol. The third-order valence-electron chi connectivity index (χ3n) is 2.44. The van der Waals surface area contributed by atoms with E-state index in [2.05, 4.69) is 15.3 Å². The van der Waals surface area contributed by atoms with Crippen molar-refractivity contribution in [2.24, 2.45) is 0 Å². The second-order valence-corrected chi connectivity index (χ2v) is 6.50. The maximum Gasteiger partial charge on any atom is 0.329 e. The molecule has 0 unspecified atom stereocenters. The Balaban J connectivity index is 3.05. The van der Waals surface area contributed by atoms with Gasteiger partial charge < -0.3 is 10.2 Å². The van der Waals surface area contributed by atoms with Gasteiger partial charge in [-0.1, -0.05) is 0 Å². The molecule has 20 heavy (non-hydrogen) atoms. The van der Waals surface area contributed by atoms with Gasteiger partial charge in [0.1, 0.15) is 16.0 Å². The van der Waals surface area contributed by atoms with Gasteiger partial charge >= 0.3 is 5.69 Å². The monoisotopic (exact) mass is 303 g/mol. The zero-order valence-electron chi connectivity index (χ0n) is 11.5. The summed E-state index contributed by atoms with van der Waals surface area (Å²) < 4.78 is 22.3. The average Bonchev–Trinajstić information content (AvgIpc) is 2.35. The topological polar surface area (TPSA) is 118 Å². The highest BCUT2D eigenvalue weighted by Crippen LogP contribution is 2.24. The lowest BCUT2D eigenvalue weighted by atomic mass is 10.4. The highest BCUT2D eigenvalue weighted by atomic mass is 32.2. The maximum atomic E-state index is 11.1. The Bertz CT molecular complexity index is 589. The SMILES string of the molecule is CCNc1ncc([N+](=O)[O-])c(N(C)CCS(C)(=O)=O)n1. The fourth-order valence-corrected chi connectivity index (χ4v) is 2.03. The van der Waals surface area contributed by atoms with E-state index >= 15 is 0 Å². The molecule has 0 radical (unpaired) electrons. The number of nitrogens with one attached hydrogen (secondary N) is 1. The van der Waals surface area contributed by atoms with Crippen molar-refractivity contribution >= 4 is 27.3 Å². The molecule has 0 aromatic carbocycles. The van der Waals surface area contributed by atoms with Gasteiger partial charge in [0, 0.05) is 26.4 Å². The summed E-state index contributed by atoms with van der Waals surface area (Å²) >= 11 is 0. The number of hydrogen-bond donors (Lipinski definition) is 1. The minimum Gasteiger partial charge on any atom is -0.354 e. The molecule has 1 aromatic heterocycles. The molecule has 0 saturated heterocycles. The number of anilines is 2. The second kappa shape index (κ2) is 6.46. The van der Waals surface area contributed by atoms with Gasteiger partial charge in [-0.2, -0.15) is 4.98 Å². The van der Waals surface area contributed by atoms with Crippen LogP contribution in [-0.4, -0.2) is 55.5 Å². The van der Waals surface area contributed by atoms with Crippen LogP contribution in [0.2, 0.25) is 0 Å². The van der Waals surface area contributed by atoms with Gasteiger partial charge in [0.05, 0.1) is 10.7 Å². The standard InChI is InChI=1S/C10H17N5O4S/c1-4-11-10-12-7-8(15(16)17)9(13-10)14(2)5-6-20(3,18)19/h7H,4-6H2,1-3H3,(H,11,12,13). The number of nitrogens with zero attached hydrogens (tertiary/aromatic N) is 4. The number of hydrogen-bond acceptors (Lipinski definition) is 8. The summed E-state index contributed by atoms with van der Waals surface area (Å²) in [5, 5.41) is 13.8. The van der Waals surface area contributed by atoms with Crippen LogP contribution in [-0.2, 0) is 9.84 Å². The van der Waals surface area contributed by atoms with Crippen LogP contribution >= 0.6 is 0 Å². The van der Waals surface area contributed by atoms with Gasteiger partial charge in [0.2, 0.25) is 11.8 Å². The highest BCUT2D eigenvalue weighted by molar-refractivity contribution is 7.90. The largest absolute Gasteiger partial charge is 0.354 e. The molecule has 0 aliphatic heterocycles. The van der Waals surface area contributed by atoms with Crippen molar-refractivity contribution in [1.82, 2.24) is 9.97 Å². The van der Waals surface area contributed by atoms with Crippen molar-refractivity contribution in [3.05, 3.63) is 16.3 Å². The van der Waals surface area contributed by atoms with E-state index in [4.69, 9.17) is 0 Å². The van der Waals surface area contributed by atoms with Crippen LogP contribution in [0, 0.1) is 10.1 Å². The molecule has 9 nitrogen and oxygen atoms in total. The van der Waals surface area contributed by atoms with E-state index in [0.717, 1.165) is 12.5 Å². The molecule has 1 heterocycles. The molecule has 0 fully saturated rings. The Morgan fingerprint density at radius 1 is 1.50 bits per heavy atom. The van der Waals surface area contributed by atoms with Crippen LogP contribution in [0.3, 0.4) is 0 Å². The Labute approximate surface area is 117 Å². The van der Waals surface area contributed by atoms with Crippen LogP contribution in [0.5, 0.6) is 0 Å². The van der Waals surface area contributed by atoms with Crippen LogP contribution < -0.4 is 10.2 Å². The molecule has 0 bridgehead atoms. The second-order valence-electron chi connectivity index (χ2n) is 4.24. The lowest BCUT2D eigenvalue weighted by Gasteiger charge is -2.17. The molecule has 1 rings (SSSR count). The Morgan fingerprint density at radius 2 is 2.15 bits per heavy atom. The average molecular weight is 303 g/mol. The zero-order valence-corrected chi connectivity index (χ0v) is 12.3. The Kier molecular flexibility index (Phi) is 5.19. The van der Waals surface area contributed by atoms with E-state index in [1.165, 1.54) is 4.90 Å². The predicted molar refractivity (Wildman–Crippen MR) is 75.8 cm³/mol. The van der Waals surface area contributed by atoms with Gasteiger partial charge in [-0.05, 0) is 6.92 Å². The molecule has 0 aliphatic rings. The van der Waals surface area contributed by atoms with E-state index in [1.54, 1.807) is 7.05 Å². The van der Waals surface area contributed by atoms with E-state index in [0.29, 0.717) is 6.54 Å². The number of sulfone groups is 1. The summed E-state index contributed by atoms with van der Waals surface area (Å²) in [7, 11) is -1.60. The Hall–Kier alpha value is -1.97. The first-order chi connectivity index (χ1) is 9.24. The summed E-state index contributed by atoms with van der Waals surface area (Å²) in [6.45, 7) is 2.53. The van der Waals surface area contributed by atoms with Gasteiger partial charge in [-0.25, -0.2) is 13.4 Å². The molecule has 10 heteroatoms. The number of nitro groups is 1. The van der Waals surface area contributed by atoms with Crippen molar-refractivity contribution in [2.45, 2.75) is 6.92 Å². The first-order valence-corrected chi connectivity index (χ1v) is 7.94. The molecule has 112 valence electrons. The zero-order chi connectivity index (χ0) is 15.3. The van der Waals surface area contributed by atoms with E-state index < -0.39 is 14.8 Å². The van der Waals surface area contributed by atoms with Crippen molar-refractivity contribution in [1.29, 1.82) is 0 Å². The molecule has 0 atom stereocenters. The first-order valence-electron chi connectivity index (χ1n) is 5.88. The molecule has 1 N–H and O–H groups in total. The summed E-state index contributed by atoms with van der Waals surface area (Å²) in [5.41, 5.74) is -0.261. The molecule has 0 spiro atoms. The summed E-state index contributed by atoms with van der Waals surface area (Å²) in [4.78, 5) is 19.7. The van der Waals surface area contributed by atoms with Crippen LogP contribution in [0.4, 0.5) is 17.5 Å². The number of aromatic nitrogens is 2. The van der Waals surface area contributed by atoms with Gasteiger partial charge in [0.25, 0.3) is 0 Å². The first kappa shape index (κ1) is 16.1. The number of rotatable bonds is 7. The van der Waals surface area contributed by atoms with Crippen LogP contribution in [0.15, 0.2) is 6.20 Å². The fraction of sp³-hybridized carbons (Fsp3) is 0.600. The lowest BCUT2D eigenvalue weighted by molar-refractivity contribution is -0.384. The lowest BCUT2D eigenvalue weighted by Crippen LogP contribution is -2.26. The third kappa shape index (κ3) is 4.61. The highest BCUT2D eigenvalue weighted by Gasteiger charge is 2.21. The van der Waals surface area contributed by atoms with Crippen LogP contribution in [0.25, 0.3) is 0 Å². The minimum atomic E-state index is -3.15. The summed E-state index contributed by atoms with van der Waals surface area (Å²) in [6.07, 6.45) is 2.22. The molecule has 1 aromatic rings. The molecule has 0 saturated carbocycles. The third-order valence-corrected chi connectivity index (χ3v) is 3.36. The van der Waals surface area contributed by atoms with E-state index in [-0.39, 0.29) is 29.8 Å². The predicted octanol–water partition coefficient (Wildman–Crippen LogP) is 0.297. The minimum absolute atomic E-state index is 0.0876. The van der Waals surface area contributed by atoms with Crippen molar-refractivity contribution < 1.29 is 13.3 Å². The van der Waals surface area contributed by atoms with Gasteiger partial charge in [0.15, 0.2) is 0 Å². The van der Waals surface area contributed by atoms with Crippen molar-refractivity contribution in [2.75, 3.05) is 42.4 Å². The van der Waals surface area contributed by atoms with E-state index in [9.17, 15) is 18.5 Å². The molecule has 0 aliphatic carbocycles. The fourth-order valence-electron chi connectivity index (χ4n) is 1.43. The maximum absolute atomic E-state index is 11.1. The summed E-state index contributed by atoms with van der Waals surface area (Å²) in [6, 6.07) is 0. The van der Waals surface area contributed by atoms with Crippen LogP contribution in [0.1, 0.15) is 6.92 Å². The quantitative estimate of drug-likeness (QED) is 0.564. The molecule has 0 amide bonds. The summed E-state index contributed by atoms with van der Waals surface area (Å²) in [5.74, 6) is 0.241. The van der Waals surface area contributed by atoms with E-state index in [1.807, 2.05) is 6.92 Å². The van der Waals surface area contributed by atoms with Crippen molar-refractivity contribution in [3.63, 3.8) is 0 Å². The normalized spacial score (nSPS) is 11.2. The smallest absolute Gasteiger partial charge is 0.329 e. The van der Waals surface area contributed by atoms with Gasteiger partial charge in [-0.15, -0.1) is 0 Å². The van der Waals surface area contributed by atoms with Gasteiger partial charge in [-0.3, -0.25) is 10.1 Å². The molecular formula is C10H17N5O4S.